The van der Waals surface area contributed by atoms with Crippen molar-refractivity contribution in [3.63, 3.8) is 0 Å². The minimum atomic E-state index is -0.288. The molecule has 0 unspecified atom stereocenters. The van der Waals surface area contributed by atoms with Crippen molar-refractivity contribution in [3.8, 4) is 22.6 Å². The summed E-state index contributed by atoms with van der Waals surface area (Å²) in [4.78, 5) is 38.0. The number of aromatic nitrogens is 6. The lowest BCUT2D eigenvalue weighted by molar-refractivity contribution is 0.164. The number of fused-ring (bicyclic) bond motifs is 1. The molecule has 0 bridgehead atoms. The fourth-order valence-electron chi connectivity index (χ4n) is 4.69. The van der Waals surface area contributed by atoms with E-state index in [0.717, 1.165) is 35.2 Å². The molecule has 1 aliphatic rings. The largest absolute Gasteiger partial charge is 0.322 e. The van der Waals surface area contributed by atoms with Crippen LogP contribution in [-0.4, -0.2) is 85.4 Å². The minimum Gasteiger partial charge on any atom is -0.322 e. The number of aliphatic imine (C=N–C) groups is 1. The molecule has 6 rings (SSSR count). The molecule has 2 amide bonds. The number of nitrogens with zero attached hydrogens (tertiary/aromatic N) is 7. The van der Waals surface area contributed by atoms with Gasteiger partial charge in [0.1, 0.15) is 11.5 Å². The first-order valence-electron chi connectivity index (χ1n) is 13.5. The van der Waals surface area contributed by atoms with Crippen LogP contribution in [0, 0.1) is 12.7 Å². The number of aryl methyl sites for hydroxylation is 1. The summed E-state index contributed by atoms with van der Waals surface area (Å²) in [6, 6.07) is 10.0. The Hall–Kier alpha value is -5.23. The highest BCUT2D eigenvalue weighted by molar-refractivity contribution is 5.93. The Kier molecular flexibility index (Phi) is 7.52. The molecule has 5 heterocycles. The van der Waals surface area contributed by atoms with Crippen molar-refractivity contribution in [2.45, 2.75) is 6.92 Å². The normalized spacial score (nSPS) is 14.4. The standard InChI is InChI=1S/C30H29FN10O/c1-19-27(33-8-4-6-20-5-3-7-23(31)13-20)37-29(35-19)26-25-15-22(17-34-28(25)39-38-26)21-14-24(18-32-16-21)36-30(42)41-11-9-40(2)10-12-41/h3-8,13-18H,9-12H2,1-2H3,(H,35,37)(H,36,42)(H,34,38,39)/b6-4+,33-8-. The van der Waals surface area contributed by atoms with Gasteiger partial charge >= 0.3 is 6.03 Å². The van der Waals surface area contributed by atoms with Crippen LogP contribution in [-0.2, 0) is 0 Å². The van der Waals surface area contributed by atoms with Gasteiger partial charge < -0.3 is 20.1 Å². The lowest BCUT2D eigenvalue weighted by Gasteiger charge is -2.32. The van der Waals surface area contributed by atoms with Crippen LogP contribution in [0.15, 0.2) is 66.1 Å². The molecule has 1 fully saturated rings. The van der Waals surface area contributed by atoms with Crippen LogP contribution < -0.4 is 5.32 Å². The second-order valence-corrected chi connectivity index (χ2v) is 10.1. The van der Waals surface area contributed by atoms with Gasteiger partial charge in [-0.15, -0.1) is 0 Å². The molecule has 0 saturated carbocycles. The maximum absolute atomic E-state index is 13.4. The van der Waals surface area contributed by atoms with Gasteiger partial charge in [0.25, 0.3) is 0 Å². The Morgan fingerprint density at radius 2 is 1.93 bits per heavy atom. The number of likely N-dealkylation sites (N-methyl/N-ethyl adjacent to an activating group) is 1. The lowest BCUT2D eigenvalue weighted by atomic mass is 10.1. The van der Waals surface area contributed by atoms with E-state index in [2.05, 4.69) is 52.4 Å². The van der Waals surface area contributed by atoms with Crippen molar-refractivity contribution in [2.24, 2.45) is 4.99 Å². The maximum atomic E-state index is 13.4. The Bertz CT molecular complexity index is 1800. The number of nitrogens with one attached hydrogen (secondary N) is 3. The Morgan fingerprint density at radius 3 is 2.76 bits per heavy atom. The number of H-pyrrole nitrogens is 2. The smallest absolute Gasteiger partial charge is 0.321 e. The van der Waals surface area contributed by atoms with Crippen molar-refractivity contribution < 1.29 is 9.18 Å². The predicted molar refractivity (Wildman–Crippen MR) is 161 cm³/mol. The Morgan fingerprint density at radius 1 is 1.10 bits per heavy atom. The first-order chi connectivity index (χ1) is 20.4. The predicted octanol–water partition coefficient (Wildman–Crippen LogP) is 5.05. The van der Waals surface area contributed by atoms with Gasteiger partial charge in [-0.2, -0.15) is 5.10 Å². The van der Waals surface area contributed by atoms with E-state index >= 15 is 0 Å². The number of pyridine rings is 2. The first-order valence-corrected chi connectivity index (χ1v) is 13.5. The van der Waals surface area contributed by atoms with Crippen molar-refractivity contribution in [1.82, 2.24) is 39.9 Å². The Balaban J connectivity index is 1.21. The van der Waals surface area contributed by atoms with E-state index < -0.39 is 0 Å². The number of carbonyl (C=O) groups excluding carboxylic acids is 1. The number of aromatic amines is 2. The summed E-state index contributed by atoms with van der Waals surface area (Å²) in [5, 5.41) is 11.1. The summed E-state index contributed by atoms with van der Waals surface area (Å²) < 4.78 is 13.4. The molecular formula is C30H29FN10O. The van der Waals surface area contributed by atoms with Gasteiger partial charge in [-0.1, -0.05) is 18.2 Å². The second-order valence-electron chi connectivity index (χ2n) is 10.1. The van der Waals surface area contributed by atoms with E-state index in [-0.39, 0.29) is 11.8 Å². The van der Waals surface area contributed by atoms with Crippen molar-refractivity contribution in [3.05, 3.63) is 78.1 Å². The molecular weight excluding hydrogens is 535 g/mol. The van der Waals surface area contributed by atoms with E-state index in [4.69, 9.17) is 0 Å². The Labute approximate surface area is 241 Å². The number of carbonyl (C=O) groups is 1. The van der Waals surface area contributed by atoms with E-state index in [1.165, 1.54) is 12.1 Å². The number of piperazine rings is 1. The monoisotopic (exact) mass is 564 g/mol. The molecule has 212 valence electrons. The minimum absolute atomic E-state index is 0.135. The van der Waals surface area contributed by atoms with E-state index in [0.29, 0.717) is 47.5 Å². The molecule has 0 aliphatic carbocycles. The van der Waals surface area contributed by atoms with Gasteiger partial charge in [0.05, 0.1) is 23.0 Å². The van der Waals surface area contributed by atoms with Crippen molar-refractivity contribution in [2.75, 3.05) is 38.5 Å². The van der Waals surface area contributed by atoms with Crippen LogP contribution in [0.3, 0.4) is 0 Å². The molecule has 12 heteroatoms. The number of amides is 2. The number of anilines is 1. The fourth-order valence-corrected chi connectivity index (χ4v) is 4.69. The van der Waals surface area contributed by atoms with E-state index in [1.54, 1.807) is 43.0 Å². The number of allylic oxidation sites excluding steroid dienone is 1. The molecule has 1 aromatic carbocycles. The SMILES string of the molecule is Cc1nc(-c2n[nH]c3ncc(-c4cncc(NC(=O)N5CCN(C)CC5)c4)cc23)[nH]c1/N=C\C=C\c1cccc(F)c1. The molecule has 0 atom stereocenters. The van der Waals surface area contributed by atoms with Crippen LogP contribution in [0.2, 0.25) is 0 Å². The van der Waals surface area contributed by atoms with Gasteiger partial charge in [0.2, 0.25) is 0 Å². The van der Waals surface area contributed by atoms with Gasteiger partial charge in [0.15, 0.2) is 17.3 Å². The molecule has 42 heavy (non-hydrogen) atoms. The topological polar surface area (TPSA) is 131 Å². The van der Waals surface area contributed by atoms with Gasteiger partial charge in [-0.3, -0.25) is 10.1 Å². The summed E-state index contributed by atoms with van der Waals surface area (Å²) >= 11 is 0. The van der Waals surface area contributed by atoms with E-state index in [9.17, 15) is 9.18 Å². The van der Waals surface area contributed by atoms with Gasteiger partial charge in [-0.05, 0) is 49.9 Å². The molecule has 1 saturated heterocycles. The van der Waals surface area contributed by atoms with Gasteiger partial charge in [0, 0.05) is 55.9 Å². The fraction of sp³-hybridized carbons (Fsp3) is 0.200. The zero-order valence-electron chi connectivity index (χ0n) is 23.2. The van der Waals surface area contributed by atoms with Crippen LogP contribution in [0.1, 0.15) is 11.3 Å². The summed E-state index contributed by atoms with van der Waals surface area (Å²) in [5.41, 5.74) is 4.89. The summed E-state index contributed by atoms with van der Waals surface area (Å²) in [5.74, 6) is 0.844. The number of halogens is 1. The summed E-state index contributed by atoms with van der Waals surface area (Å²) in [6.07, 6.45) is 10.2. The average Bonchev–Trinajstić information content (AvgIpc) is 3.58. The van der Waals surface area contributed by atoms with Crippen molar-refractivity contribution >= 4 is 40.9 Å². The number of urea groups is 1. The number of benzene rings is 1. The zero-order chi connectivity index (χ0) is 29.1. The molecule has 0 radical (unpaired) electrons. The molecule has 3 N–H and O–H groups in total. The number of hydrogen-bond donors (Lipinski definition) is 3. The third-order valence-electron chi connectivity index (χ3n) is 7.04. The molecule has 4 aromatic heterocycles. The van der Waals surface area contributed by atoms with Crippen LogP contribution in [0.5, 0.6) is 0 Å². The van der Waals surface area contributed by atoms with Crippen LogP contribution in [0.25, 0.3) is 39.8 Å². The average molecular weight is 565 g/mol. The van der Waals surface area contributed by atoms with E-state index in [1.807, 2.05) is 30.0 Å². The summed E-state index contributed by atoms with van der Waals surface area (Å²) in [7, 11) is 2.05. The summed E-state index contributed by atoms with van der Waals surface area (Å²) in [6.45, 7) is 4.92. The van der Waals surface area contributed by atoms with Crippen LogP contribution >= 0.6 is 0 Å². The highest BCUT2D eigenvalue weighted by Gasteiger charge is 2.20. The zero-order valence-corrected chi connectivity index (χ0v) is 23.2. The molecule has 0 spiro atoms. The highest BCUT2D eigenvalue weighted by Crippen LogP contribution is 2.30. The molecule has 5 aromatic rings. The quantitative estimate of drug-likeness (QED) is 0.247. The third kappa shape index (κ3) is 5.93. The number of imidazole rings is 1. The molecule has 11 nitrogen and oxygen atoms in total. The maximum Gasteiger partial charge on any atom is 0.321 e. The number of hydrogen-bond acceptors (Lipinski definition) is 7. The third-order valence-corrected chi connectivity index (χ3v) is 7.04. The van der Waals surface area contributed by atoms with Crippen molar-refractivity contribution in [1.29, 1.82) is 0 Å². The van der Waals surface area contributed by atoms with Crippen LogP contribution in [0.4, 0.5) is 20.7 Å². The van der Waals surface area contributed by atoms with Gasteiger partial charge in [-0.25, -0.2) is 24.1 Å². The highest BCUT2D eigenvalue weighted by atomic mass is 19.1. The lowest BCUT2D eigenvalue weighted by Crippen LogP contribution is -2.48. The first kappa shape index (κ1) is 27.0. The molecule has 1 aliphatic heterocycles. The second kappa shape index (κ2) is 11.7. The number of rotatable bonds is 6.